The Bertz CT molecular complexity index is 549. The molecule has 0 saturated carbocycles. The zero-order valence-electron chi connectivity index (χ0n) is 9.98. The van der Waals surface area contributed by atoms with Crippen molar-refractivity contribution >= 4 is 34.2 Å². The Morgan fingerprint density at radius 1 is 1.16 bits per heavy atom. The maximum atomic E-state index is 11.9. The lowest BCUT2D eigenvalue weighted by Gasteiger charge is -2.10. The van der Waals surface area contributed by atoms with E-state index in [2.05, 4.69) is 0 Å². The van der Waals surface area contributed by atoms with Crippen molar-refractivity contribution in [1.82, 2.24) is 0 Å². The summed E-state index contributed by atoms with van der Waals surface area (Å²) in [7, 11) is 0. The fourth-order valence-corrected chi connectivity index (χ4v) is 3.25. The molecule has 1 atom stereocenters. The van der Waals surface area contributed by atoms with Crippen molar-refractivity contribution in [3.05, 3.63) is 58.3 Å². The first-order valence-corrected chi connectivity index (χ1v) is 7.44. The second-order valence-corrected chi connectivity index (χ2v) is 6.02. The van der Waals surface area contributed by atoms with Crippen molar-refractivity contribution in [3.8, 4) is 0 Å². The number of carboxylic acid groups (broad SMARTS) is 1. The van der Waals surface area contributed by atoms with Crippen LogP contribution in [0.5, 0.6) is 0 Å². The molecule has 0 aliphatic carbocycles. The van der Waals surface area contributed by atoms with Gasteiger partial charge in [0.15, 0.2) is 0 Å². The van der Waals surface area contributed by atoms with Crippen LogP contribution in [0.25, 0.3) is 0 Å². The Balaban J connectivity index is 2.05. The van der Waals surface area contributed by atoms with E-state index >= 15 is 0 Å². The lowest BCUT2D eigenvalue weighted by Crippen LogP contribution is -2.21. The van der Waals surface area contributed by atoms with Crippen molar-refractivity contribution < 1.29 is 14.7 Å². The third-order valence-corrected chi connectivity index (χ3v) is 4.60. The standard InChI is InChI=1S/C14H12O3S2/c15-13(16)12(9-10-5-2-1-3-6-10)19-14(17)11-7-4-8-18-11/h1-8,12H,9H2,(H,15,16)/t12-/m1/s1. The predicted molar refractivity (Wildman–Crippen MR) is 77.8 cm³/mol. The van der Waals surface area contributed by atoms with Crippen LogP contribution in [0, 0.1) is 0 Å². The third kappa shape index (κ3) is 3.94. The fourth-order valence-electron chi connectivity index (χ4n) is 1.59. The monoisotopic (exact) mass is 292 g/mol. The summed E-state index contributed by atoms with van der Waals surface area (Å²) >= 11 is 2.21. The average molecular weight is 292 g/mol. The molecular formula is C14H12O3S2. The Kier molecular flexibility index (Phi) is 4.76. The first-order chi connectivity index (χ1) is 9.16. The van der Waals surface area contributed by atoms with E-state index in [0.717, 1.165) is 17.3 Å². The lowest BCUT2D eigenvalue weighted by molar-refractivity contribution is -0.136. The summed E-state index contributed by atoms with van der Waals surface area (Å²) in [6.45, 7) is 0. The van der Waals surface area contributed by atoms with Gasteiger partial charge >= 0.3 is 5.97 Å². The topological polar surface area (TPSA) is 54.4 Å². The quantitative estimate of drug-likeness (QED) is 0.918. The Morgan fingerprint density at radius 2 is 1.89 bits per heavy atom. The molecule has 1 aromatic carbocycles. The van der Waals surface area contributed by atoms with Gasteiger partial charge in [0.1, 0.15) is 5.25 Å². The lowest BCUT2D eigenvalue weighted by atomic mass is 10.1. The average Bonchev–Trinajstić information content (AvgIpc) is 2.93. The minimum absolute atomic E-state index is 0.182. The SMILES string of the molecule is O=C(S[C@H](Cc1ccccc1)C(=O)O)c1cccs1. The molecule has 2 aromatic rings. The molecule has 0 radical (unpaired) electrons. The molecule has 1 aromatic heterocycles. The number of carboxylic acids is 1. The first kappa shape index (κ1) is 13.8. The first-order valence-electron chi connectivity index (χ1n) is 5.68. The highest BCUT2D eigenvalue weighted by atomic mass is 32.2. The zero-order valence-corrected chi connectivity index (χ0v) is 11.6. The number of benzene rings is 1. The molecule has 0 bridgehead atoms. The van der Waals surface area contributed by atoms with E-state index in [9.17, 15) is 14.7 Å². The van der Waals surface area contributed by atoms with E-state index in [4.69, 9.17) is 0 Å². The van der Waals surface area contributed by atoms with E-state index in [1.54, 1.807) is 17.5 Å². The van der Waals surface area contributed by atoms with Crippen molar-refractivity contribution in [2.75, 3.05) is 0 Å². The molecule has 98 valence electrons. The molecule has 5 heteroatoms. The molecule has 0 fully saturated rings. The normalized spacial score (nSPS) is 12.0. The Morgan fingerprint density at radius 3 is 2.47 bits per heavy atom. The van der Waals surface area contributed by atoms with Crippen molar-refractivity contribution in [3.63, 3.8) is 0 Å². The van der Waals surface area contributed by atoms with E-state index in [1.165, 1.54) is 11.3 Å². The molecule has 1 N–H and O–H groups in total. The van der Waals surface area contributed by atoms with Gasteiger partial charge in [0.05, 0.1) is 4.88 Å². The maximum Gasteiger partial charge on any atom is 0.317 e. The summed E-state index contributed by atoms with van der Waals surface area (Å²) in [5.74, 6) is -0.959. The smallest absolute Gasteiger partial charge is 0.317 e. The molecule has 3 nitrogen and oxygen atoms in total. The van der Waals surface area contributed by atoms with Crippen LogP contribution in [-0.4, -0.2) is 21.4 Å². The second-order valence-electron chi connectivity index (χ2n) is 3.90. The number of hydrogen-bond donors (Lipinski definition) is 1. The van der Waals surface area contributed by atoms with Gasteiger partial charge in [-0.3, -0.25) is 9.59 Å². The van der Waals surface area contributed by atoms with Gasteiger partial charge in [0.2, 0.25) is 5.12 Å². The maximum absolute atomic E-state index is 11.9. The number of carbonyl (C=O) groups excluding carboxylic acids is 1. The van der Waals surface area contributed by atoms with Crippen molar-refractivity contribution in [2.24, 2.45) is 0 Å². The van der Waals surface area contributed by atoms with Crippen LogP contribution in [0.2, 0.25) is 0 Å². The molecule has 19 heavy (non-hydrogen) atoms. The summed E-state index contributed by atoms with van der Waals surface area (Å²) < 4.78 is 0. The van der Waals surface area contributed by atoms with Crippen LogP contribution in [0.4, 0.5) is 0 Å². The van der Waals surface area contributed by atoms with Gasteiger partial charge < -0.3 is 5.11 Å². The van der Waals surface area contributed by atoms with Gasteiger partial charge in [-0.25, -0.2) is 0 Å². The molecule has 2 rings (SSSR count). The number of thiophene rings is 1. The Hall–Kier alpha value is -1.59. The highest BCUT2D eigenvalue weighted by Gasteiger charge is 2.23. The number of thioether (sulfide) groups is 1. The van der Waals surface area contributed by atoms with Crippen LogP contribution in [-0.2, 0) is 11.2 Å². The van der Waals surface area contributed by atoms with Gasteiger partial charge in [0.25, 0.3) is 0 Å². The zero-order chi connectivity index (χ0) is 13.7. The molecule has 0 unspecified atom stereocenters. The summed E-state index contributed by atoms with van der Waals surface area (Å²) in [5.41, 5.74) is 0.918. The second kappa shape index (κ2) is 6.54. The highest BCUT2D eigenvalue weighted by molar-refractivity contribution is 8.15. The van der Waals surface area contributed by atoms with E-state index in [0.29, 0.717) is 11.3 Å². The van der Waals surface area contributed by atoms with Gasteiger partial charge in [0, 0.05) is 0 Å². The van der Waals surface area contributed by atoms with E-state index in [-0.39, 0.29) is 5.12 Å². The summed E-state index contributed by atoms with van der Waals surface area (Å²) in [6, 6.07) is 12.8. The van der Waals surface area contributed by atoms with E-state index in [1.807, 2.05) is 30.3 Å². The fraction of sp³-hybridized carbons (Fsp3) is 0.143. The summed E-state index contributed by atoms with van der Waals surface area (Å²) in [5, 5.41) is 10.1. The molecule has 0 spiro atoms. The molecule has 0 saturated heterocycles. The summed E-state index contributed by atoms with van der Waals surface area (Å²) in [4.78, 5) is 23.7. The minimum Gasteiger partial charge on any atom is -0.480 e. The molecule has 0 amide bonds. The van der Waals surface area contributed by atoms with Crippen LogP contribution in [0.3, 0.4) is 0 Å². The van der Waals surface area contributed by atoms with Crippen LogP contribution in [0.1, 0.15) is 15.2 Å². The van der Waals surface area contributed by atoms with E-state index < -0.39 is 11.2 Å². The van der Waals surface area contributed by atoms with Crippen molar-refractivity contribution in [1.29, 1.82) is 0 Å². The molecule has 0 aliphatic rings. The largest absolute Gasteiger partial charge is 0.480 e. The van der Waals surface area contributed by atoms with Crippen LogP contribution >= 0.6 is 23.1 Å². The summed E-state index contributed by atoms with van der Waals surface area (Å²) in [6.07, 6.45) is 0.345. The van der Waals surface area contributed by atoms with Crippen LogP contribution in [0.15, 0.2) is 47.8 Å². The minimum atomic E-state index is -0.959. The number of rotatable bonds is 5. The van der Waals surface area contributed by atoms with Crippen molar-refractivity contribution in [2.45, 2.75) is 11.7 Å². The molecule has 0 aliphatic heterocycles. The molecule has 1 heterocycles. The molecular weight excluding hydrogens is 280 g/mol. The number of hydrogen-bond acceptors (Lipinski definition) is 4. The Labute approximate surface area is 119 Å². The van der Waals surface area contributed by atoms with Crippen LogP contribution < -0.4 is 0 Å². The van der Waals surface area contributed by atoms with Gasteiger partial charge in [-0.05, 0) is 23.4 Å². The predicted octanol–water partition coefficient (Wildman–Crippen LogP) is 3.32. The third-order valence-electron chi connectivity index (χ3n) is 2.51. The number of aliphatic carboxylic acids is 1. The van der Waals surface area contributed by atoms with Gasteiger partial charge in [-0.15, -0.1) is 11.3 Å². The number of carbonyl (C=O) groups is 2. The highest BCUT2D eigenvalue weighted by Crippen LogP contribution is 2.24. The van der Waals surface area contributed by atoms with Gasteiger partial charge in [-0.1, -0.05) is 48.2 Å². The van der Waals surface area contributed by atoms with Gasteiger partial charge in [-0.2, -0.15) is 0 Å².